The first-order valence-corrected chi connectivity index (χ1v) is 9.02. The number of piperidine rings is 1. The minimum Gasteiger partial charge on any atom is -0.370 e. The lowest BCUT2D eigenvalue weighted by molar-refractivity contribution is 0.476. The van der Waals surface area contributed by atoms with Crippen LogP contribution in [-0.2, 0) is 6.54 Å². The number of imidazole rings is 1. The number of hydrogen-bond donors (Lipinski definition) is 0. The van der Waals surface area contributed by atoms with Crippen LogP contribution in [0.25, 0.3) is 0 Å². The topological polar surface area (TPSA) is 34.0 Å². The van der Waals surface area contributed by atoms with Gasteiger partial charge >= 0.3 is 0 Å². The SMILES string of the molecule is Cc1cnccc1N1CCCC(c2nccn2Cc2ccccc2)C1. The molecule has 4 nitrogen and oxygen atoms in total. The van der Waals surface area contributed by atoms with Crippen molar-refractivity contribution in [1.82, 2.24) is 14.5 Å². The molecule has 1 fully saturated rings. The van der Waals surface area contributed by atoms with Crippen LogP contribution in [0, 0.1) is 6.92 Å². The van der Waals surface area contributed by atoms with Gasteiger partial charge < -0.3 is 9.47 Å². The summed E-state index contributed by atoms with van der Waals surface area (Å²) in [7, 11) is 0. The molecule has 0 bridgehead atoms. The maximum Gasteiger partial charge on any atom is 0.113 e. The molecule has 1 unspecified atom stereocenters. The number of aromatic nitrogens is 3. The zero-order valence-corrected chi connectivity index (χ0v) is 14.7. The van der Waals surface area contributed by atoms with Crippen LogP contribution in [0.1, 0.15) is 35.7 Å². The highest BCUT2D eigenvalue weighted by molar-refractivity contribution is 5.52. The molecule has 128 valence electrons. The van der Waals surface area contributed by atoms with Gasteiger partial charge in [-0.2, -0.15) is 0 Å². The molecule has 3 aromatic rings. The van der Waals surface area contributed by atoms with Crippen LogP contribution in [0.15, 0.2) is 61.2 Å². The molecule has 1 aliphatic heterocycles. The first-order chi connectivity index (χ1) is 12.3. The molecule has 0 N–H and O–H groups in total. The molecule has 3 heterocycles. The Balaban J connectivity index is 1.54. The fourth-order valence-electron chi connectivity index (χ4n) is 3.82. The molecule has 0 radical (unpaired) electrons. The lowest BCUT2D eigenvalue weighted by Gasteiger charge is -2.35. The number of hydrogen-bond acceptors (Lipinski definition) is 3. The third-order valence-corrected chi connectivity index (χ3v) is 5.06. The highest BCUT2D eigenvalue weighted by Crippen LogP contribution is 2.30. The Morgan fingerprint density at radius 2 is 2.00 bits per heavy atom. The zero-order chi connectivity index (χ0) is 17.1. The smallest absolute Gasteiger partial charge is 0.113 e. The third kappa shape index (κ3) is 3.43. The highest BCUT2D eigenvalue weighted by Gasteiger charge is 2.25. The van der Waals surface area contributed by atoms with Gasteiger partial charge in [0.1, 0.15) is 5.82 Å². The molecule has 2 aromatic heterocycles. The van der Waals surface area contributed by atoms with Gasteiger partial charge in [-0.1, -0.05) is 30.3 Å². The minimum absolute atomic E-state index is 0.472. The normalized spacial score (nSPS) is 17.6. The van der Waals surface area contributed by atoms with Crippen LogP contribution in [0.2, 0.25) is 0 Å². The third-order valence-electron chi connectivity index (χ3n) is 5.06. The molecule has 4 heteroatoms. The lowest BCUT2D eigenvalue weighted by Crippen LogP contribution is -2.35. The first-order valence-electron chi connectivity index (χ1n) is 9.02. The predicted molar refractivity (Wildman–Crippen MR) is 101 cm³/mol. The molecule has 1 atom stereocenters. The summed E-state index contributed by atoms with van der Waals surface area (Å²) < 4.78 is 2.31. The van der Waals surface area contributed by atoms with E-state index in [4.69, 9.17) is 4.98 Å². The van der Waals surface area contributed by atoms with Crippen LogP contribution in [0.5, 0.6) is 0 Å². The summed E-state index contributed by atoms with van der Waals surface area (Å²) in [6, 6.07) is 12.7. The lowest BCUT2D eigenvalue weighted by atomic mass is 9.96. The quantitative estimate of drug-likeness (QED) is 0.724. The Morgan fingerprint density at radius 3 is 2.84 bits per heavy atom. The Hall–Kier alpha value is -2.62. The summed E-state index contributed by atoms with van der Waals surface area (Å²) in [6.07, 6.45) is 10.3. The molecule has 0 amide bonds. The van der Waals surface area contributed by atoms with E-state index in [1.165, 1.54) is 35.5 Å². The Kier molecular flexibility index (Phi) is 4.51. The van der Waals surface area contributed by atoms with Gasteiger partial charge in [0.05, 0.1) is 0 Å². The van der Waals surface area contributed by atoms with Crippen molar-refractivity contribution < 1.29 is 0 Å². The monoisotopic (exact) mass is 332 g/mol. The van der Waals surface area contributed by atoms with E-state index in [9.17, 15) is 0 Å². The second-order valence-electron chi connectivity index (χ2n) is 6.85. The van der Waals surface area contributed by atoms with E-state index in [1.807, 2.05) is 18.6 Å². The molecule has 4 rings (SSSR count). The summed E-state index contributed by atoms with van der Waals surface area (Å²) in [5, 5.41) is 0. The van der Waals surface area contributed by atoms with Gasteiger partial charge in [-0.05, 0) is 37.0 Å². The Morgan fingerprint density at radius 1 is 1.12 bits per heavy atom. The fraction of sp³-hybridized carbons (Fsp3) is 0.333. The molecule has 25 heavy (non-hydrogen) atoms. The van der Waals surface area contributed by atoms with Crippen molar-refractivity contribution in [2.24, 2.45) is 0 Å². The van der Waals surface area contributed by atoms with Gasteiger partial charge in [0, 0.05) is 56.0 Å². The largest absolute Gasteiger partial charge is 0.370 e. The summed E-state index contributed by atoms with van der Waals surface area (Å²) in [4.78, 5) is 11.4. The standard InChI is InChI=1S/C21H24N4/c1-17-14-22-10-9-20(17)24-12-5-8-19(16-24)21-23-11-13-25(21)15-18-6-3-2-4-7-18/h2-4,6-7,9-11,13-14,19H,5,8,12,15-16H2,1H3. The van der Waals surface area contributed by atoms with Crippen LogP contribution in [0.4, 0.5) is 5.69 Å². The number of pyridine rings is 1. The first kappa shape index (κ1) is 15.9. The van der Waals surface area contributed by atoms with Gasteiger partial charge in [0.2, 0.25) is 0 Å². The van der Waals surface area contributed by atoms with Crippen LogP contribution in [0.3, 0.4) is 0 Å². The van der Waals surface area contributed by atoms with Crippen molar-refractivity contribution in [1.29, 1.82) is 0 Å². The van der Waals surface area contributed by atoms with E-state index >= 15 is 0 Å². The average Bonchev–Trinajstić information content (AvgIpc) is 3.11. The van der Waals surface area contributed by atoms with Gasteiger partial charge in [-0.15, -0.1) is 0 Å². The van der Waals surface area contributed by atoms with Crippen LogP contribution in [-0.4, -0.2) is 27.6 Å². The van der Waals surface area contributed by atoms with E-state index in [1.54, 1.807) is 0 Å². The van der Waals surface area contributed by atoms with Crippen molar-refractivity contribution in [2.45, 2.75) is 32.2 Å². The van der Waals surface area contributed by atoms with Gasteiger partial charge in [0.15, 0.2) is 0 Å². The van der Waals surface area contributed by atoms with E-state index < -0.39 is 0 Å². The van der Waals surface area contributed by atoms with E-state index in [2.05, 4.69) is 64.0 Å². The number of anilines is 1. The zero-order valence-electron chi connectivity index (χ0n) is 14.7. The fourth-order valence-corrected chi connectivity index (χ4v) is 3.82. The van der Waals surface area contributed by atoms with E-state index in [-0.39, 0.29) is 0 Å². The molecule has 0 spiro atoms. The molecule has 1 aliphatic rings. The van der Waals surface area contributed by atoms with Gasteiger partial charge in [-0.3, -0.25) is 4.98 Å². The van der Waals surface area contributed by atoms with Crippen molar-refractivity contribution >= 4 is 5.69 Å². The maximum absolute atomic E-state index is 4.71. The maximum atomic E-state index is 4.71. The number of rotatable bonds is 4. The second-order valence-corrected chi connectivity index (χ2v) is 6.85. The van der Waals surface area contributed by atoms with E-state index in [0.717, 1.165) is 19.6 Å². The van der Waals surface area contributed by atoms with Crippen molar-refractivity contribution in [3.8, 4) is 0 Å². The highest BCUT2D eigenvalue weighted by atomic mass is 15.2. The average molecular weight is 332 g/mol. The van der Waals surface area contributed by atoms with Crippen molar-refractivity contribution in [3.63, 3.8) is 0 Å². The Labute approximate surface area is 149 Å². The van der Waals surface area contributed by atoms with E-state index in [0.29, 0.717) is 5.92 Å². The molecular weight excluding hydrogens is 308 g/mol. The van der Waals surface area contributed by atoms with Crippen molar-refractivity contribution in [3.05, 3.63) is 78.1 Å². The Bertz CT molecular complexity index is 825. The molecule has 0 aliphatic carbocycles. The summed E-state index contributed by atoms with van der Waals surface area (Å²) >= 11 is 0. The number of benzene rings is 1. The molecular formula is C21H24N4. The van der Waals surface area contributed by atoms with Gasteiger partial charge in [-0.25, -0.2) is 4.98 Å². The van der Waals surface area contributed by atoms with Crippen molar-refractivity contribution in [2.75, 3.05) is 18.0 Å². The predicted octanol–water partition coefficient (Wildman–Crippen LogP) is 4.02. The van der Waals surface area contributed by atoms with Crippen LogP contribution >= 0.6 is 0 Å². The summed E-state index contributed by atoms with van der Waals surface area (Å²) in [6.45, 7) is 5.17. The summed E-state index contributed by atoms with van der Waals surface area (Å²) in [5.74, 6) is 1.68. The minimum atomic E-state index is 0.472. The second kappa shape index (κ2) is 7.09. The molecule has 1 aromatic carbocycles. The van der Waals surface area contributed by atoms with Crippen LogP contribution < -0.4 is 4.90 Å². The number of aryl methyl sites for hydroxylation is 1. The molecule has 1 saturated heterocycles. The van der Waals surface area contributed by atoms with Gasteiger partial charge in [0.25, 0.3) is 0 Å². The molecule has 0 saturated carbocycles. The number of nitrogens with zero attached hydrogens (tertiary/aromatic N) is 4. The summed E-state index contributed by atoms with van der Waals surface area (Å²) in [5.41, 5.74) is 3.87.